The maximum Gasteiger partial charge on any atom is 0.243 e. The summed E-state index contributed by atoms with van der Waals surface area (Å²) in [6, 6.07) is 0.718. The fraction of sp³-hybridized carbons (Fsp3) is 0.760. The average Bonchev–Trinajstić information content (AvgIpc) is 2.70. The maximum absolute atomic E-state index is 13.7. The van der Waals surface area contributed by atoms with Crippen LogP contribution < -0.4 is 0 Å². The fourth-order valence-electron chi connectivity index (χ4n) is 7.72. The van der Waals surface area contributed by atoms with Crippen LogP contribution in [0, 0.1) is 58.3 Å². The molecule has 1 aromatic carbocycles. The first-order valence-electron chi connectivity index (χ1n) is 12.0. The van der Waals surface area contributed by atoms with Crippen molar-refractivity contribution in [3.05, 3.63) is 27.8 Å². The first kappa shape index (κ1) is 21.0. The molecule has 4 saturated carbocycles. The second-order valence-electron chi connectivity index (χ2n) is 10.8. The van der Waals surface area contributed by atoms with Gasteiger partial charge in [-0.05, 0) is 118 Å². The van der Waals surface area contributed by atoms with Crippen molar-refractivity contribution in [1.29, 1.82) is 0 Å². The topological polar surface area (TPSA) is 40.6 Å². The van der Waals surface area contributed by atoms with Gasteiger partial charge >= 0.3 is 0 Å². The third kappa shape index (κ3) is 3.10. The molecular weight excluding hydrogens is 392 g/mol. The molecule has 6 rings (SSSR count). The summed E-state index contributed by atoms with van der Waals surface area (Å²) in [7, 11) is -3.45. The van der Waals surface area contributed by atoms with E-state index in [1.54, 1.807) is 4.31 Å². The highest BCUT2D eigenvalue weighted by Gasteiger charge is 2.50. The van der Waals surface area contributed by atoms with Crippen molar-refractivity contribution in [3.63, 3.8) is 0 Å². The zero-order valence-corrected chi connectivity index (χ0v) is 20.2. The van der Waals surface area contributed by atoms with E-state index < -0.39 is 10.0 Å². The molecular formula is C25H38N2O2S. The molecule has 4 aliphatic carbocycles. The van der Waals surface area contributed by atoms with Crippen LogP contribution in [0.25, 0.3) is 0 Å². The van der Waals surface area contributed by atoms with Crippen LogP contribution in [0.2, 0.25) is 0 Å². The predicted octanol–water partition coefficient (Wildman–Crippen LogP) is 4.36. The van der Waals surface area contributed by atoms with Crippen LogP contribution in [0.3, 0.4) is 0 Å². The molecule has 4 bridgehead atoms. The molecule has 1 aromatic rings. The second-order valence-corrected chi connectivity index (χ2v) is 12.7. The molecule has 1 aliphatic heterocycles. The van der Waals surface area contributed by atoms with Crippen molar-refractivity contribution < 1.29 is 8.42 Å². The highest BCUT2D eigenvalue weighted by Crippen LogP contribution is 2.55. The van der Waals surface area contributed by atoms with Gasteiger partial charge in [0.25, 0.3) is 0 Å². The monoisotopic (exact) mass is 430 g/mol. The van der Waals surface area contributed by atoms with Crippen molar-refractivity contribution in [3.8, 4) is 0 Å². The minimum atomic E-state index is -3.45. The number of piperazine rings is 1. The molecule has 5 heteroatoms. The van der Waals surface area contributed by atoms with E-state index in [4.69, 9.17) is 0 Å². The van der Waals surface area contributed by atoms with Crippen molar-refractivity contribution in [2.45, 2.75) is 77.7 Å². The Hall–Kier alpha value is -0.910. The molecule has 166 valence electrons. The van der Waals surface area contributed by atoms with Crippen molar-refractivity contribution in [2.75, 3.05) is 26.2 Å². The molecule has 0 N–H and O–H groups in total. The van der Waals surface area contributed by atoms with Crippen LogP contribution in [-0.4, -0.2) is 49.8 Å². The molecule has 4 nitrogen and oxygen atoms in total. The summed E-state index contributed by atoms with van der Waals surface area (Å²) in [5.74, 6) is 3.72. The number of sulfonamides is 1. The quantitative estimate of drug-likeness (QED) is 0.715. The van der Waals surface area contributed by atoms with Gasteiger partial charge in [-0.2, -0.15) is 4.31 Å². The van der Waals surface area contributed by atoms with Gasteiger partial charge in [0.15, 0.2) is 0 Å². The highest BCUT2D eigenvalue weighted by atomic mass is 32.2. The van der Waals surface area contributed by atoms with Gasteiger partial charge < -0.3 is 0 Å². The molecule has 0 aromatic heterocycles. The SMILES string of the molecule is Cc1c(C)c(C)c(S(=O)(=O)N2CCN(C3C4CC5CC(C4)CC3C5)CC2)c(C)c1C. The largest absolute Gasteiger partial charge is 0.297 e. The molecule has 5 aliphatic rings. The van der Waals surface area contributed by atoms with E-state index in [2.05, 4.69) is 25.7 Å². The number of nitrogens with zero attached hydrogens (tertiary/aromatic N) is 2. The molecule has 5 fully saturated rings. The van der Waals surface area contributed by atoms with E-state index in [-0.39, 0.29) is 0 Å². The number of benzene rings is 1. The Morgan fingerprint density at radius 1 is 0.633 bits per heavy atom. The molecule has 0 atom stereocenters. The summed E-state index contributed by atoms with van der Waals surface area (Å²) < 4.78 is 29.1. The average molecular weight is 431 g/mol. The number of rotatable bonds is 3. The smallest absolute Gasteiger partial charge is 0.243 e. The van der Waals surface area contributed by atoms with E-state index >= 15 is 0 Å². The van der Waals surface area contributed by atoms with Gasteiger partial charge in [-0.15, -0.1) is 0 Å². The molecule has 0 spiro atoms. The number of hydrogen-bond donors (Lipinski definition) is 0. The molecule has 0 unspecified atom stereocenters. The molecule has 1 saturated heterocycles. The van der Waals surface area contributed by atoms with Crippen LogP contribution in [0.1, 0.15) is 59.9 Å². The Bertz CT molecular complexity index is 903. The fourth-order valence-corrected chi connectivity index (χ4v) is 9.70. The predicted molar refractivity (Wildman–Crippen MR) is 121 cm³/mol. The Kier molecular flexibility index (Phi) is 5.11. The summed E-state index contributed by atoms with van der Waals surface area (Å²) in [6.07, 6.45) is 7.19. The Labute approximate surface area is 183 Å². The normalized spacial score (nSPS) is 34.6. The highest BCUT2D eigenvalue weighted by molar-refractivity contribution is 7.89. The first-order chi connectivity index (χ1) is 14.2. The van der Waals surface area contributed by atoms with Crippen molar-refractivity contribution in [2.24, 2.45) is 23.7 Å². The lowest BCUT2D eigenvalue weighted by atomic mass is 9.54. The molecule has 30 heavy (non-hydrogen) atoms. The lowest BCUT2D eigenvalue weighted by Crippen LogP contribution is -2.60. The van der Waals surface area contributed by atoms with E-state index in [9.17, 15) is 8.42 Å². The van der Waals surface area contributed by atoms with E-state index in [1.807, 2.05) is 13.8 Å². The Morgan fingerprint density at radius 3 is 1.53 bits per heavy atom. The van der Waals surface area contributed by atoms with Gasteiger partial charge in [-0.1, -0.05) is 0 Å². The Balaban J connectivity index is 1.35. The van der Waals surface area contributed by atoms with E-state index in [0.717, 1.165) is 65.1 Å². The maximum atomic E-state index is 13.7. The lowest BCUT2D eigenvalue weighted by molar-refractivity contribution is -0.0720. The summed E-state index contributed by atoms with van der Waals surface area (Å²) in [4.78, 5) is 3.23. The van der Waals surface area contributed by atoms with E-state index in [1.165, 1.54) is 37.7 Å². The summed E-state index contributed by atoms with van der Waals surface area (Å²) in [6.45, 7) is 13.2. The van der Waals surface area contributed by atoms with Gasteiger partial charge in [-0.25, -0.2) is 8.42 Å². The van der Waals surface area contributed by atoms with Crippen LogP contribution in [-0.2, 0) is 10.0 Å². The second kappa shape index (κ2) is 7.31. The number of hydrogen-bond acceptors (Lipinski definition) is 3. The molecule has 1 heterocycles. The van der Waals surface area contributed by atoms with Crippen LogP contribution in [0.4, 0.5) is 0 Å². The summed E-state index contributed by atoms with van der Waals surface area (Å²) in [5, 5.41) is 0. The third-order valence-corrected chi connectivity index (χ3v) is 11.6. The van der Waals surface area contributed by atoms with Crippen molar-refractivity contribution in [1.82, 2.24) is 9.21 Å². The first-order valence-corrected chi connectivity index (χ1v) is 13.4. The van der Waals surface area contributed by atoms with Gasteiger partial charge in [0.2, 0.25) is 10.0 Å². The van der Waals surface area contributed by atoms with Gasteiger partial charge in [-0.3, -0.25) is 4.90 Å². The van der Waals surface area contributed by atoms with Gasteiger partial charge in [0, 0.05) is 32.2 Å². The minimum Gasteiger partial charge on any atom is -0.297 e. The van der Waals surface area contributed by atoms with Crippen LogP contribution >= 0.6 is 0 Å². The zero-order chi connectivity index (χ0) is 21.4. The lowest BCUT2D eigenvalue weighted by Gasteiger charge is -2.58. The van der Waals surface area contributed by atoms with Gasteiger partial charge in [0.1, 0.15) is 0 Å². The zero-order valence-electron chi connectivity index (χ0n) is 19.4. The van der Waals surface area contributed by atoms with Gasteiger partial charge in [0.05, 0.1) is 4.90 Å². The summed E-state index contributed by atoms with van der Waals surface area (Å²) in [5.41, 5.74) is 5.31. The summed E-state index contributed by atoms with van der Waals surface area (Å²) >= 11 is 0. The van der Waals surface area contributed by atoms with Crippen molar-refractivity contribution >= 4 is 10.0 Å². The standard InChI is InChI=1S/C25H38N2O2S/c1-15-16(2)18(4)25(19(5)17(15)3)30(28,29)27-8-6-26(7-9-27)24-22-11-20-10-21(13-22)14-23(24)12-20/h20-24H,6-14H2,1-5H3. The molecule has 0 amide bonds. The van der Waals surface area contributed by atoms with E-state index in [0.29, 0.717) is 18.0 Å². The van der Waals surface area contributed by atoms with Crippen LogP contribution in [0.5, 0.6) is 0 Å². The van der Waals surface area contributed by atoms with Crippen LogP contribution in [0.15, 0.2) is 4.90 Å². The Morgan fingerprint density at radius 2 is 1.07 bits per heavy atom. The minimum absolute atomic E-state index is 0.561. The molecule has 0 radical (unpaired) electrons. The third-order valence-electron chi connectivity index (χ3n) is 9.40.